The molecule has 0 heterocycles. The number of carbonyl (C=O) groups excluding carboxylic acids is 2. The van der Waals surface area contributed by atoms with E-state index in [1.165, 1.54) is 13.1 Å². The SMILES string of the molecule is CNC(=O)CNC(=O)C[NH2+][C@H](C)c1ccc(F)c(F)c1. The summed E-state index contributed by atoms with van der Waals surface area (Å²) in [5.74, 6) is -2.40. The summed E-state index contributed by atoms with van der Waals surface area (Å²) in [4.78, 5) is 22.4. The molecule has 0 spiro atoms. The van der Waals surface area contributed by atoms with Gasteiger partial charge in [-0.25, -0.2) is 8.78 Å². The van der Waals surface area contributed by atoms with Gasteiger partial charge in [-0.2, -0.15) is 0 Å². The standard InChI is InChI=1S/C13H17F2N3O2/c1-8(9-3-4-10(14)11(15)5-9)17-7-13(20)18-6-12(19)16-2/h3-5,8,17H,6-7H2,1-2H3,(H,16,19)(H,18,20)/p+1/t8-/m1/s1. The molecule has 7 heteroatoms. The van der Waals surface area contributed by atoms with E-state index in [1.807, 2.05) is 0 Å². The highest BCUT2D eigenvalue weighted by atomic mass is 19.2. The number of carbonyl (C=O) groups is 2. The van der Waals surface area contributed by atoms with E-state index in [0.717, 1.165) is 12.1 Å². The number of nitrogens with two attached hydrogens (primary N) is 1. The van der Waals surface area contributed by atoms with Gasteiger partial charge < -0.3 is 16.0 Å². The van der Waals surface area contributed by atoms with E-state index in [4.69, 9.17) is 0 Å². The molecule has 0 aliphatic heterocycles. The molecule has 0 saturated carbocycles. The molecule has 0 saturated heterocycles. The highest BCUT2D eigenvalue weighted by molar-refractivity contribution is 5.84. The summed E-state index contributed by atoms with van der Waals surface area (Å²) < 4.78 is 25.9. The average Bonchev–Trinajstić information content (AvgIpc) is 2.44. The zero-order valence-electron chi connectivity index (χ0n) is 11.4. The van der Waals surface area contributed by atoms with E-state index in [9.17, 15) is 18.4 Å². The molecule has 2 amide bonds. The number of nitrogens with one attached hydrogen (secondary N) is 2. The predicted molar refractivity (Wildman–Crippen MR) is 68.6 cm³/mol. The first kappa shape index (κ1) is 16.0. The van der Waals surface area contributed by atoms with Crippen molar-refractivity contribution in [3.05, 3.63) is 35.4 Å². The Morgan fingerprint density at radius 3 is 2.55 bits per heavy atom. The minimum Gasteiger partial charge on any atom is -0.358 e. The molecule has 0 aliphatic rings. The van der Waals surface area contributed by atoms with Crippen LogP contribution < -0.4 is 16.0 Å². The largest absolute Gasteiger partial charge is 0.358 e. The minimum absolute atomic E-state index is 0.0806. The molecule has 1 aromatic rings. The molecular weight excluding hydrogens is 268 g/mol. The van der Waals surface area contributed by atoms with Crippen LogP contribution in [0, 0.1) is 11.6 Å². The molecule has 0 aliphatic carbocycles. The molecule has 5 nitrogen and oxygen atoms in total. The maximum atomic E-state index is 13.1. The lowest BCUT2D eigenvalue weighted by molar-refractivity contribution is -0.682. The van der Waals surface area contributed by atoms with Crippen LogP contribution in [0.4, 0.5) is 8.78 Å². The van der Waals surface area contributed by atoms with Crippen molar-refractivity contribution >= 4 is 11.8 Å². The van der Waals surface area contributed by atoms with Gasteiger partial charge in [-0.1, -0.05) is 0 Å². The van der Waals surface area contributed by atoms with Crippen LogP contribution in [0.5, 0.6) is 0 Å². The summed E-state index contributed by atoms with van der Waals surface area (Å²) in [5.41, 5.74) is 0.586. The Morgan fingerprint density at radius 2 is 1.95 bits per heavy atom. The van der Waals surface area contributed by atoms with Crippen molar-refractivity contribution in [2.75, 3.05) is 20.1 Å². The maximum Gasteiger partial charge on any atom is 0.275 e. The van der Waals surface area contributed by atoms with Gasteiger partial charge in [-0.05, 0) is 25.1 Å². The summed E-state index contributed by atoms with van der Waals surface area (Å²) in [5, 5.41) is 6.50. The van der Waals surface area contributed by atoms with Crippen LogP contribution in [0.2, 0.25) is 0 Å². The highest BCUT2D eigenvalue weighted by Crippen LogP contribution is 2.12. The van der Waals surface area contributed by atoms with Crippen molar-refractivity contribution < 1.29 is 23.7 Å². The van der Waals surface area contributed by atoms with E-state index < -0.39 is 11.6 Å². The number of amides is 2. The summed E-state index contributed by atoms with van der Waals surface area (Å²) >= 11 is 0. The summed E-state index contributed by atoms with van der Waals surface area (Å²) in [6.45, 7) is 1.79. The Kier molecular flexibility index (Phi) is 6.05. The number of hydrogen-bond acceptors (Lipinski definition) is 2. The van der Waals surface area contributed by atoms with Gasteiger partial charge in [-0.15, -0.1) is 0 Å². The summed E-state index contributed by atoms with van der Waals surface area (Å²) in [7, 11) is 1.48. The molecule has 0 radical (unpaired) electrons. The average molecular weight is 286 g/mol. The first-order valence-corrected chi connectivity index (χ1v) is 6.19. The smallest absolute Gasteiger partial charge is 0.275 e. The first-order valence-electron chi connectivity index (χ1n) is 6.19. The van der Waals surface area contributed by atoms with Crippen LogP contribution in [0.3, 0.4) is 0 Å². The molecule has 0 fully saturated rings. The third-order valence-corrected chi connectivity index (χ3v) is 2.85. The molecule has 4 N–H and O–H groups in total. The Bertz CT molecular complexity index is 495. The second kappa shape index (κ2) is 7.54. The normalized spacial score (nSPS) is 11.8. The van der Waals surface area contributed by atoms with Gasteiger partial charge in [0.1, 0.15) is 6.04 Å². The Morgan fingerprint density at radius 1 is 1.25 bits per heavy atom. The number of quaternary nitrogens is 1. The van der Waals surface area contributed by atoms with Gasteiger partial charge >= 0.3 is 0 Å². The number of rotatable bonds is 6. The molecule has 1 atom stereocenters. The van der Waals surface area contributed by atoms with E-state index in [2.05, 4.69) is 10.6 Å². The van der Waals surface area contributed by atoms with Crippen LogP contribution >= 0.6 is 0 Å². The summed E-state index contributed by atoms with van der Waals surface area (Å²) in [6, 6.07) is 3.44. The molecule has 0 unspecified atom stereocenters. The monoisotopic (exact) mass is 286 g/mol. The van der Waals surface area contributed by atoms with Crippen molar-refractivity contribution in [1.82, 2.24) is 10.6 Å². The topological polar surface area (TPSA) is 74.8 Å². The molecule has 0 bridgehead atoms. The van der Waals surface area contributed by atoms with Crippen molar-refractivity contribution in [3.63, 3.8) is 0 Å². The van der Waals surface area contributed by atoms with Gasteiger partial charge in [-0.3, -0.25) is 9.59 Å². The fraction of sp³-hybridized carbons (Fsp3) is 0.385. The predicted octanol–water partition coefficient (Wildman–Crippen LogP) is -0.549. The van der Waals surface area contributed by atoms with Gasteiger partial charge in [0.2, 0.25) is 5.91 Å². The van der Waals surface area contributed by atoms with Crippen molar-refractivity contribution in [3.8, 4) is 0 Å². The highest BCUT2D eigenvalue weighted by Gasteiger charge is 2.14. The lowest BCUT2D eigenvalue weighted by Gasteiger charge is -2.11. The number of likely N-dealkylation sites (N-methyl/N-ethyl adjacent to an activating group) is 1. The van der Waals surface area contributed by atoms with E-state index in [0.29, 0.717) is 5.56 Å². The third kappa shape index (κ3) is 4.93. The molecule has 1 rings (SSSR count). The van der Waals surface area contributed by atoms with Crippen LogP contribution in [0.1, 0.15) is 18.5 Å². The van der Waals surface area contributed by atoms with Crippen LogP contribution in [0.15, 0.2) is 18.2 Å². The number of benzene rings is 1. The molecular formula is C13H18F2N3O2+. The fourth-order valence-corrected chi connectivity index (χ4v) is 1.55. The molecule has 0 aromatic heterocycles. The molecule has 1 aromatic carbocycles. The van der Waals surface area contributed by atoms with Gasteiger partial charge in [0.15, 0.2) is 18.2 Å². The van der Waals surface area contributed by atoms with Crippen molar-refractivity contribution in [1.29, 1.82) is 0 Å². The molecule has 110 valence electrons. The van der Waals surface area contributed by atoms with E-state index in [-0.39, 0.29) is 30.9 Å². The maximum absolute atomic E-state index is 13.1. The minimum atomic E-state index is -0.910. The third-order valence-electron chi connectivity index (χ3n) is 2.85. The second-order valence-corrected chi connectivity index (χ2v) is 4.35. The van der Waals surface area contributed by atoms with Crippen LogP contribution in [0.25, 0.3) is 0 Å². The van der Waals surface area contributed by atoms with Gasteiger partial charge in [0, 0.05) is 12.6 Å². The van der Waals surface area contributed by atoms with Crippen molar-refractivity contribution in [2.24, 2.45) is 0 Å². The van der Waals surface area contributed by atoms with Gasteiger partial charge in [0.25, 0.3) is 5.91 Å². The Balaban J connectivity index is 2.42. The van der Waals surface area contributed by atoms with Gasteiger partial charge in [0.05, 0.1) is 6.54 Å². The van der Waals surface area contributed by atoms with Crippen molar-refractivity contribution in [2.45, 2.75) is 13.0 Å². The van der Waals surface area contributed by atoms with E-state index >= 15 is 0 Å². The lowest BCUT2D eigenvalue weighted by atomic mass is 10.1. The Labute approximate surface area is 115 Å². The fourth-order valence-electron chi connectivity index (χ4n) is 1.55. The zero-order chi connectivity index (χ0) is 15.1. The van der Waals surface area contributed by atoms with E-state index in [1.54, 1.807) is 12.2 Å². The number of halogens is 2. The quantitative estimate of drug-likeness (QED) is 0.656. The summed E-state index contributed by atoms with van der Waals surface area (Å²) in [6.07, 6.45) is 0. The van der Waals surface area contributed by atoms with Crippen LogP contribution in [-0.4, -0.2) is 32.0 Å². The Hall–Kier alpha value is -2.02. The van der Waals surface area contributed by atoms with Crippen LogP contribution in [-0.2, 0) is 9.59 Å². The molecule has 20 heavy (non-hydrogen) atoms. The second-order valence-electron chi connectivity index (χ2n) is 4.35. The zero-order valence-corrected chi connectivity index (χ0v) is 11.4. The number of hydrogen-bond donors (Lipinski definition) is 3. The lowest BCUT2D eigenvalue weighted by Crippen LogP contribution is -2.87. The first-order chi connectivity index (χ1) is 9.43.